The van der Waals surface area contributed by atoms with Crippen LogP contribution in [-0.4, -0.2) is 4.57 Å². The van der Waals surface area contributed by atoms with Gasteiger partial charge >= 0.3 is 0 Å². The summed E-state index contributed by atoms with van der Waals surface area (Å²) in [7, 11) is 2.14. The van der Waals surface area contributed by atoms with Gasteiger partial charge in [-0.1, -0.05) is 23.7 Å². The van der Waals surface area contributed by atoms with Crippen LogP contribution in [-0.2, 0) is 19.9 Å². The Morgan fingerprint density at radius 2 is 2.00 bits per heavy atom. The summed E-state index contributed by atoms with van der Waals surface area (Å²) in [6, 6.07) is 6.24. The molecule has 1 aliphatic carbocycles. The van der Waals surface area contributed by atoms with Crippen molar-refractivity contribution in [2.75, 3.05) is 0 Å². The number of hydrogen-bond donors (Lipinski definition) is 0. The van der Waals surface area contributed by atoms with Gasteiger partial charge in [-0.25, -0.2) is 0 Å². The van der Waals surface area contributed by atoms with Crippen LogP contribution in [0.1, 0.15) is 24.1 Å². The van der Waals surface area contributed by atoms with Crippen LogP contribution in [0.4, 0.5) is 0 Å². The van der Waals surface area contributed by atoms with E-state index >= 15 is 0 Å². The first-order valence-corrected chi connectivity index (χ1v) is 5.91. The molecule has 0 spiro atoms. The van der Waals surface area contributed by atoms with Gasteiger partial charge in [-0.15, -0.1) is 0 Å². The smallest absolute Gasteiger partial charge is 0.0672 e. The molecule has 0 atom stereocenters. The Bertz CT molecular complexity index is 525. The zero-order valence-electron chi connectivity index (χ0n) is 8.89. The molecule has 0 unspecified atom stereocenters. The largest absolute Gasteiger partial charge is 0.346 e. The molecular formula is C13H14ClN. The van der Waals surface area contributed by atoms with Crippen molar-refractivity contribution in [3.05, 3.63) is 34.5 Å². The van der Waals surface area contributed by atoms with Crippen molar-refractivity contribution in [2.24, 2.45) is 7.05 Å². The molecule has 1 aromatic carbocycles. The highest BCUT2D eigenvalue weighted by atomic mass is 35.5. The standard InChI is InChI=1S/C13H14ClN/c1-15-12-8-3-2-5-9(12)10-6-4-7-11(14)13(10)15/h4,6-7H,2-3,5,8H2,1H3. The van der Waals surface area contributed by atoms with E-state index in [-0.39, 0.29) is 0 Å². The highest BCUT2D eigenvalue weighted by molar-refractivity contribution is 6.35. The first-order valence-electron chi connectivity index (χ1n) is 5.53. The average Bonchev–Trinajstić information content (AvgIpc) is 2.55. The van der Waals surface area contributed by atoms with E-state index in [0.717, 1.165) is 5.02 Å². The summed E-state index contributed by atoms with van der Waals surface area (Å²) in [6.45, 7) is 0. The van der Waals surface area contributed by atoms with Crippen molar-refractivity contribution in [1.82, 2.24) is 4.57 Å². The van der Waals surface area contributed by atoms with Crippen molar-refractivity contribution in [3.8, 4) is 0 Å². The monoisotopic (exact) mass is 219 g/mol. The number of halogens is 1. The summed E-state index contributed by atoms with van der Waals surface area (Å²) in [5.41, 5.74) is 4.23. The van der Waals surface area contributed by atoms with Gasteiger partial charge in [0.1, 0.15) is 0 Å². The highest BCUT2D eigenvalue weighted by Gasteiger charge is 2.18. The van der Waals surface area contributed by atoms with Gasteiger partial charge < -0.3 is 4.57 Å². The molecule has 1 nitrogen and oxygen atoms in total. The Labute approximate surface area is 94.7 Å². The quantitative estimate of drug-likeness (QED) is 0.637. The summed E-state index contributed by atoms with van der Waals surface area (Å²) in [6.07, 6.45) is 5.05. The van der Waals surface area contributed by atoms with Crippen molar-refractivity contribution >= 4 is 22.5 Å². The molecule has 2 aromatic rings. The third-order valence-corrected chi connectivity index (χ3v) is 3.80. The van der Waals surface area contributed by atoms with Gasteiger partial charge in [-0.3, -0.25) is 0 Å². The Kier molecular flexibility index (Phi) is 2.03. The summed E-state index contributed by atoms with van der Waals surface area (Å²) in [4.78, 5) is 0. The SMILES string of the molecule is Cn1c2c(c3cccc(Cl)c31)CCCC2. The molecule has 0 saturated carbocycles. The highest BCUT2D eigenvalue weighted by Crippen LogP contribution is 2.34. The van der Waals surface area contributed by atoms with Gasteiger partial charge in [0.05, 0.1) is 10.5 Å². The topological polar surface area (TPSA) is 4.93 Å². The van der Waals surface area contributed by atoms with E-state index in [2.05, 4.69) is 23.7 Å². The fraction of sp³-hybridized carbons (Fsp3) is 0.385. The third-order valence-electron chi connectivity index (χ3n) is 3.49. The minimum absolute atomic E-state index is 0.879. The van der Waals surface area contributed by atoms with Crippen LogP contribution in [0, 0.1) is 0 Å². The molecule has 0 fully saturated rings. The molecule has 0 bridgehead atoms. The number of hydrogen-bond acceptors (Lipinski definition) is 0. The molecule has 0 saturated heterocycles. The molecule has 2 heteroatoms. The van der Waals surface area contributed by atoms with Crippen LogP contribution in [0.15, 0.2) is 18.2 Å². The fourth-order valence-electron chi connectivity index (χ4n) is 2.78. The summed E-state index contributed by atoms with van der Waals surface area (Å²) >= 11 is 6.26. The zero-order chi connectivity index (χ0) is 10.4. The van der Waals surface area contributed by atoms with Gasteiger partial charge in [0.2, 0.25) is 0 Å². The molecule has 0 N–H and O–H groups in total. The number of para-hydroxylation sites is 1. The Hall–Kier alpha value is -0.950. The Morgan fingerprint density at radius 3 is 2.87 bits per heavy atom. The van der Waals surface area contributed by atoms with Crippen LogP contribution in [0.2, 0.25) is 5.02 Å². The van der Waals surface area contributed by atoms with E-state index in [4.69, 9.17) is 11.6 Å². The van der Waals surface area contributed by atoms with E-state index in [1.54, 1.807) is 0 Å². The minimum Gasteiger partial charge on any atom is -0.346 e. The molecule has 1 heterocycles. The molecule has 78 valence electrons. The lowest BCUT2D eigenvalue weighted by Gasteiger charge is -2.12. The van der Waals surface area contributed by atoms with Gasteiger partial charge in [-0.2, -0.15) is 0 Å². The van der Waals surface area contributed by atoms with Crippen LogP contribution >= 0.6 is 11.6 Å². The predicted molar refractivity (Wildman–Crippen MR) is 64.6 cm³/mol. The average molecular weight is 220 g/mol. The number of fused-ring (bicyclic) bond motifs is 3. The maximum atomic E-state index is 6.26. The lowest BCUT2D eigenvalue weighted by Crippen LogP contribution is -2.04. The van der Waals surface area contributed by atoms with Crippen molar-refractivity contribution in [3.63, 3.8) is 0 Å². The minimum atomic E-state index is 0.879. The lowest BCUT2D eigenvalue weighted by atomic mass is 9.96. The second-order valence-corrected chi connectivity index (χ2v) is 4.73. The van der Waals surface area contributed by atoms with E-state index in [0.29, 0.717) is 0 Å². The number of benzene rings is 1. The van der Waals surface area contributed by atoms with E-state index in [1.807, 2.05) is 6.07 Å². The molecular weight excluding hydrogens is 206 g/mol. The maximum Gasteiger partial charge on any atom is 0.0672 e. The molecule has 0 amide bonds. The van der Waals surface area contributed by atoms with E-state index in [9.17, 15) is 0 Å². The van der Waals surface area contributed by atoms with Crippen molar-refractivity contribution in [1.29, 1.82) is 0 Å². The number of aryl methyl sites for hydroxylation is 2. The van der Waals surface area contributed by atoms with Crippen molar-refractivity contribution in [2.45, 2.75) is 25.7 Å². The van der Waals surface area contributed by atoms with Gasteiger partial charge in [0.25, 0.3) is 0 Å². The second-order valence-electron chi connectivity index (χ2n) is 4.33. The molecule has 0 aliphatic heterocycles. The first kappa shape index (κ1) is 9.29. The molecule has 15 heavy (non-hydrogen) atoms. The van der Waals surface area contributed by atoms with Crippen molar-refractivity contribution < 1.29 is 0 Å². The number of nitrogens with zero attached hydrogens (tertiary/aromatic N) is 1. The fourth-order valence-corrected chi connectivity index (χ4v) is 3.09. The maximum absolute atomic E-state index is 6.26. The Morgan fingerprint density at radius 1 is 1.20 bits per heavy atom. The summed E-state index contributed by atoms with van der Waals surface area (Å²) in [5, 5.41) is 2.24. The first-order chi connectivity index (χ1) is 7.29. The second kappa shape index (κ2) is 3.28. The molecule has 1 aromatic heterocycles. The van der Waals surface area contributed by atoms with Crippen LogP contribution in [0.3, 0.4) is 0 Å². The van der Waals surface area contributed by atoms with E-state index < -0.39 is 0 Å². The zero-order valence-corrected chi connectivity index (χ0v) is 9.64. The van der Waals surface area contributed by atoms with Gasteiger partial charge in [0.15, 0.2) is 0 Å². The normalized spacial score (nSPS) is 15.6. The van der Waals surface area contributed by atoms with Crippen LogP contribution in [0.5, 0.6) is 0 Å². The van der Waals surface area contributed by atoms with Gasteiger partial charge in [-0.05, 0) is 37.3 Å². The molecule has 3 rings (SSSR count). The van der Waals surface area contributed by atoms with E-state index in [1.165, 1.54) is 47.8 Å². The third kappa shape index (κ3) is 1.23. The number of aromatic nitrogens is 1. The van der Waals surface area contributed by atoms with Crippen LogP contribution < -0.4 is 0 Å². The molecule has 1 aliphatic rings. The summed E-state index contributed by atoms with van der Waals surface area (Å²) < 4.78 is 2.28. The van der Waals surface area contributed by atoms with Crippen LogP contribution in [0.25, 0.3) is 10.9 Å². The lowest BCUT2D eigenvalue weighted by molar-refractivity contribution is 0.653. The predicted octanol–water partition coefficient (Wildman–Crippen LogP) is 3.71. The summed E-state index contributed by atoms with van der Waals surface area (Å²) in [5.74, 6) is 0. The Balaban J connectivity index is 2.44. The van der Waals surface area contributed by atoms with Gasteiger partial charge in [0, 0.05) is 18.1 Å². The molecule has 0 radical (unpaired) electrons. The number of rotatable bonds is 0.